The summed E-state index contributed by atoms with van der Waals surface area (Å²) in [6.07, 6.45) is 0. The summed E-state index contributed by atoms with van der Waals surface area (Å²) in [5.41, 5.74) is 19.1. The van der Waals surface area contributed by atoms with Gasteiger partial charge in [-0.05, 0) is 129 Å². The summed E-state index contributed by atoms with van der Waals surface area (Å²) in [6, 6.07) is 97.6. The van der Waals surface area contributed by atoms with Gasteiger partial charge in [-0.3, -0.25) is 0 Å². The van der Waals surface area contributed by atoms with Gasteiger partial charge in [-0.15, -0.1) is 0 Å². The molecule has 0 saturated heterocycles. The van der Waals surface area contributed by atoms with E-state index in [0.717, 1.165) is 127 Å². The molecule has 0 saturated carbocycles. The van der Waals surface area contributed by atoms with Crippen LogP contribution in [0, 0.1) is 24.5 Å². The lowest BCUT2D eigenvalue weighted by Crippen LogP contribution is -2.06. The first-order valence-corrected chi connectivity index (χ1v) is 28.3. The third-order valence-electron chi connectivity index (χ3n) is 16.3. The number of nitrogens with zero attached hydrogens (tertiary/aromatic N) is 8. The second kappa shape index (κ2) is 21.2. The second-order valence-corrected chi connectivity index (χ2v) is 21.2. The molecule has 0 unspecified atom stereocenters. The minimum Gasteiger partial charge on any atom is -0.308 e. The SMILES string of the molecule is [C-]#[N+]c1cccc(-c2ccc(-c3nc(-c4ccccc4-c4ccccc4C#N)nc(-c4ccc(-c5cccc([N+]#[C-])c5)cc4-n4c5ccccc5c5cc(-c6ccccc6)ccc54)n3)c(-n3c4ccccc4c4cc(-c5ccccc5)ccc43)c2)c1. The number of benzene rings is 12. The van der Waals surface area contributed by atoms with Crippen molar-refractivity contribution in [2.45, 2.75) is 0 Å². The first-order chi connectivity index (χ1) is 42.5. The maximum Gasteiger partial charge on any atom is 0.187 e. The van der Waals surface area contributed by atoms with Crippen LogP contribution in [0.4, 0.5) is 11.4 Å². The van der Waals surface area contributed by atoms with E-state index in [2.05, 4.69) is 195 Å². The maximum absolute atomic E-state index is 10.6. The fourth-order valence-electron chi connectivity index (χ4n) is 12.2. The molecule has 0 aliphatic heterocycles. The van der Waals surface area contributed by atoms with E-state index in [1.807, 2.05) is 109 Å². The van der Waals surface area contributed by atoms with Crippen molar-refractivity contribution in [2.24, 2.45) is 0 Å². The van der Waals surface area contributed by atoms with Gasteiger partial charge < -0.3 is 9.13 Å². The molecule has 15 rings (SSSR count). The quantitative estimate of drug-likeness (QED) is 0.128. The molecule has 0 radical (unpaired) electrons. The minimum atomic E-state index is 0.414. The van der Waals surface area contributed by atoms with Gasteiger partial charge in [-0.1, -0.05) is 200 Å². The van der Waals surface area contributed by atoms with E-state index in [0.29, 0.717) is 34.4 Å². The number of rotatable bonds is 10. The molecule has 0 amide bonds. The second-order valence-electron chi connectivity index (χ2n) is 21.2. The number of fused-ring (bicyclic) bond motifs is 6. The van der Waals surface area contributed by atoms with E-state index in [9.17, 15) is 5.26 Å². The Bertz CT molecular complexity index is 5060. The number of hydrogen-bond donors (Lipinski definition) is 0. The largest absolute Gasteiger partial charge is 0.308 e. The van der Waals surface area contributed by atoms with Gasteiger partial charge in [-0.25, -0.2) is 24.6 Å². The molecule has 0 aliphatic rings. The van der Waals surface area contributed by atoms with Crippen molar-refractivity contribution in [1.29, 1.82) is 5.26 Å². The predicted molar refractivity (Wildman–Crippen MR) is 349 cm³/mol. The monoisotopic (exact) mass is 1090 g/mol. The molecule has 0 N–H and O–H groups in total. The summed E-state index contributed by atoms with van der Waals surface area (Å²) in [5, 5.41) is 14.9. The Hall–Kier alpha value is -12.3. The van der Waals surface area contributed by atoms with E-state index < -0.39 is 0 Å². The van der Waals surface area contributed by atoms with Crippen LogP contribution in [0.1, 0.15) is 5.56 Å². The van der Waals surface area contributed by atoms with Gasteiger partial charge in [0.05, 0.1) is 58.2 Å². The van der Waals surface area contributed by atoms with Crippen molar-refractivity contribution < 1.29 is 0 Å². The Kier molecular flexibility index (Phi) is 12.5. The number of hydrogen-bond acceptors (Lipinski definition) is 4. The van der Waals surface area contributed by atoms with Crippen LogP contribution in [0.2, 0.25) is 0 Å². The lowest BCUT2D eigenvalue weighted by molar-refractivity contribution is 1.06. The molecule has 12 aromatic carbocycles. The lowest BCUT2D eigenvalue weighted by Gasteiger charge is -2.19. The van der Waals surface area contributed by atoms with Gasteiger partial charge in [0.2, 0.25) is 0 Å². The van der Waals surface area contributed by atoms with Crippen LogP contribution in [0.5, 0.6) is 0 Å². The van der Waals surface area contributed by atoms with Crippen LogP contribution in [0.25, 0.3) is 154 Å². The molecule has 0 atom stereocenters. The predicted octanol–water partition coefficient (Wildman–Crippen LogP) is 20.4. The van der Waals surface area contributed by atoms with Crippen LogP contribution in [-0.4, -0.2) is 24.1 Å². The van der Waals surface area contributed by atoms with Crippen LogP contribution < -0.4 is 0 Å². The van der Waals surface area contributed by atoms with Gasteiger partial charge in [0.25, 0.3) is 0 Å². The van der Waals surface area contributed by atoms with Crippen molar-refractivity contribution in [3.8, 4) is 107 Å². The first kappa shape index (κ1) is 50.7. The van der Waals surface area contributed by atoms with E-state index in [1.165, 1.54) is 0 Å². The minimum absolute atomic E-state index is 0.414. The molecule has 3 heterocycles. The standard InChI is InChI=1S/C78H46N8/c1-80-59-26-17-24-52(43-59)56-35-39-66(74(47-56)85-70-33-15-13-30-63(70)68-45-54(37-41-72(68)85)50-19-5-3-6-20-50)77-82-76(65-32-12-11-29-62(65)61-28-10-9-23-58(61)49-79)83-78(84-77)67-40-36-57(53-25-18-27-60(44-53)81-2)48-75(67)86-71-34-16-14-31-64(71)69-46-55(38-42-73(69)86)51-21-7-4-8-22-51/h3-48H. The third-order valence-corrected chi connectivity index (χ3v) is 16.3. The highest BCUT2D eigenvalue weighted by molar-refractivity contribution is 6.12. The normalized spacial score (nSPS) is 11.2. The zero-order valence-electron chi connectivity index (χ0n) is 46.1. The van der Waals surface area contributed by atoms with Crippen molar-refractivity contribution in [3.05, 3.63) is 307 Å². The average molecular weight is 1100 g/mol. The van der Waals surface area contributed by atoms with Crippen LogP contribution in [0.3, 0.4) is 0 Å². The molecule has 0 bridgehead atoms. The molecule has 8 heteroatoms. The zero-order chi connectivity index (χ0) is 57.7. The van der Waals surface area contributed by atoms with Crippen LogP contribution in [-0.2, 0) is 0 Å². The topological polar surface area (TPSA) is 81.0 Å². The Labute approximate surface area is 496 Å². The molecule has 0 spiro atoms. The van der Waals surface area contributed by atoms with E-state index >= 15 is 0 Å². The Balaban J connectivity index is 1.04. The van der Waals surface area contributed by atoms with Gasteiger partial charge in [-0.2, -0.15) is 5.26 Å². The summed E-state index contributed by atoms with van der Waals surface area (Å²) in [5.74, 6) is 1.26. The summed E-state index contributed by atoms with van der Waals surface area (Å²) < 4.78 is 4.63. The fraction of sp³-hybridized carbons (Fsp3) is 0. The highest BCUT2D eigenvalue weighted by Crippen LogP contribution is 2.44. The number of aromatic nitrogens is 5. The smallest absolute Gasteiger partial charge is 0.187 e. The lowest BCUT2D eigenvalue weighted by atomic mass is 9.95. The van der Waals surface area contributed by atoms with Crippen molar-refractivity contribution >= 4 is 55.0 Å². The van der Waals surface area contributed by atoms with Gasteiger partial charge >= 0.3 is 0 Å². The first-order valence-electron chi connectivity index (χ1n) is 28.3. The van der Waals surface area contributed by atoms with Crippen molar-refractivity contribution in [1.82, 2.24) is 24.1 Å². The molecular formula is C78H46N8. The molecular weight excluding hydrogens is 1050 g/mol. The van der Waals surface area contributed by atoms with E-state index in [-0.39, 0.29) is 0 Å². The van der Waals surface area contributed by atoms with Crippen molar-refractivity contribution in [2.75, 3.05) is 0 Å². The number of para-hydroxylation sites is 2. The molecule has 8 nitrogen and oxygen atoms in total. The average Bonchev–Trinajstić information content (AvgIpc) is 3.65. The molecule has 398 valence electrons. The van der Waals surface area contributed by atoms with Crippen molar-refractivity contribution in [3.63, 3.8) is 0 Å². The van der Waals surface area contributed by atoms with Gasteiger partial charge in [0.1, 0.15) is 0 Å². The molecule has 86 heavy (non-hydrogen) atoms. The fourth-order valence-corrected chi connectivity index (χ4v) is 12.2. The zero-order valence-corrected chi connectivity index (χ0v) is 46.1. The molecule has 0 aliphatic carbocycles. The van der Waals surface area contributed by atoms with E-state index in [1.54, 1.807) is 0 Å². The van der Waals surface area contributed by atoms with Crippen LogP contribution >= 0.6 is 0 Å². The summed E-state index contributed by atoms with van der Waals surface area (Å²) in [4.78, 5) is 24.5. The maximum atomic E-state index is 10.6. The Morgan fingerprint density at radius 3 is 1.15 bits per heavy atom. The summed E-state index contributed by atoms with van der Waals surface area (Å²) >= 11 is 0. The summed E-state index contributed by atoms with van der Waals surface area (Å²) in [7, 11) is 0. The highest BCUT2D eigenvalue weighted by Gasteiger charge is 2.25. The molecule has 15 aromatic rings. The highest BCUT2D eigenvalue weighted by atomic mass is 15.1. The number of nitriles is 1. The van der Waals surface area contributed by atoms with Gasteiger partial charge in [0.15, 0.2) is 28.8 Å². The summed E-state index contributed by atoms with van der Waals surface area (Å²) in [6.45, 7) is 15.9. The van der Waals surface area contributed by atoms with Crippen LogP contribution in [0.15, 0.2) is 279 Å². The third kappa shape index (κ3) is 8.82. The Morgan fingerprint density at radius 2 is 0.663 bits per heavy atom. The molecule has 0 fully saturated rings. The molecule has 3 aromatic heterocycles. The Morgan fingerprint density at radius 1 is 0.291 bits per heavy atom. The van der Waals surface area contributed by atoms with Gasteiger partial charge in [0, 0.05) is 43.8 Å². The van der Waals surface area contributed by atoms with E-state index in [4.69, 9.17) is 28.1 Å².